The molecule has 0 unspecified atom stereocenters. The lowest BCUT2D eigenvalue weighted by Gasteiger charge is -2.36. The minimum absolute atomic E-state index is 0.528. The smallest absolute Gasteiger partial charge is 0.148 e. The van der Waals surface area contributed by atoms with E-state index in [0.29, 0.717) is 10.5 Å². The molecule has 0 radical (unpaired) electrons. The van der Waals surface area contributed by atoms with Crippen LogP contribution in [0.15, 0.2) is 84.9 Å². The van der Waals surface area contributed by atoms with Gasteiger partial charge in [-0.25, -0.2) is 0 Å². The largest absolute Gasteiger partial charge is 0.411 e. The molecule has 0 aliphatic carbocycles. The summed E-state index contributed by atoms with van der Waals surface area (Å²) in [6.45, 7) is 2.15. The molecule has 3 aromatic rings. The van der Waals surface area contributed by atoms with Gasteiger partial charge in [0, 0.05) is 0 Å². The molecule has 3 aromatic carbocycles. The molecule has 0 saturated heterocycles. The van der Waals surface area contributed by atoms with Gasteiger partial charge in [-0.05, 0) is 29.2 Å². The standard InChI is InChI=1S/C20H20OSi/c1-16-10-8-9-15-19(16)20(21-22,17-11-4-2-5-12-17)18-13-6-3-7-14-18/h2-15H,1,22H3. The van der Waals surface area contributed by atoms with Gasteiger partial charge in [0.25, 0.3) is 0 Å². The summed E-state index contributed by atoms with van der Waals surface area (Å²) in [6, 6.07) is 29.5. The zero-order chi connectivity index (χ0) is 15.4. The first-order valence-corrected chi connectivity index (χ1v) is 8.33. The van der Waals surface area contributed by atoms with E-state index < -0.39 is 5.60 Å². The molecular formula is C20H20OSi. The number of hydrogen-bond donors (Lipinski definition) is 0. The van der Waals surface area contributed by atoms with E-state index in [1.807, 2.05) is 12.1 Å². The Bertz CT molecular complexity index is 698. The first-order chi connectivity index (χ1) is 10.8. The topological polar surface area (TPSA) is 9.23 Å². The van der Waals surface area contributed by atoms with Crippen LogP contribution in [0.5, 0.6) is 0 Å². The fraction of sp³-hybridized carbons (Fsp3) is 0.100. The minimum atomic E-state index is -0.528. The summed E-state index contributed by atoms with van der Waals surface area (Å²) in [6.07, 6.45) is 0. The quantitative estimate of drug-likeness (QED) is 0.529. The van der Waals surface area contributed by atoms with E-state index >= 15 is 0 Å². The zero-order valence-electron chi connectivity index (χ0n) is 13.0. The van der Waals surface area contributed by atoms with Crippen molar-refractivity contribution in [3.05, 3.63) is 107 Å². The molecule has 0 heterocycles. The Hall–Kier alpha value is -2.16. The molecule has 110 valence electrons. The molecule has 0 aromatic heterocycles. The summed E-state index contributed by atoms with van der Waals surface area (Å²) in [7, 11) is 0.648. The average molecular weight is 304 g/mol. The lowest BCUT2D eigenvalue weighted by Crippen LogP contribution is -2.32. The van der Waals surface area contributed by atoms with Crippen LogP contribution in [0, 0.1) is 6.92 Å². The van der Waals surface area contributed by atoms with Crippen molar-refractivity contribution in [2.45, 2.75) is 12.5 Å². The Kier molecular flexibility index (Phi) is 4.23. The van der Waals surface area contributed by atoms with E-state index in [1.54, 1.807) is 0 Å². The highest BCUT2D eigenvalue weighted by atomic mass is 28.2. The molecule has 2 heteroatoms. The number of rotatable bonds is 4. The molecule has 0 fully saturated rings. The second kappa shape index (κ2) is 6.30. The molecule has 22 heavy (non-hydrogen) atoms. The van der Waals surface area contributed by atoms with Gasteiger partial charge in [0.1, 0.15) is 16.1 Å². The Morgan fingerprint density at radius 3 is 1.59 bits per heavy atom. The molecule has 0 saturated carbocycles. The van der Waals surface area contributed by atoms with Gasteiger partial charge in [0.15, 0.2) is 0 Å². The van der Waals surface area contributed by atoms with E-state index in [1.165, 1.54) is 22.3 Å². The van der Waals surface area contributed by atoms with Gasteiger partial charge in [0.2, 0.25) is 0 Å². The Labute approximate surface area is 135 Å². The third-order valence-electron chi connectivity index (χ3n) is 4.19. The van der Waals surface area contributed by atoms with Crippen molar-refractivity contribution in [3.63, 3.8) is 0 Å². The third kappa shape index (κ3) is 2.41. The highest BCUT2D eigenvalue weighted by molar-refractivity contribution is 5.99. The van der Waals surface area contributed by atoms with Crippen LogP contribution in [0.3, 0.4) is 0 Å². The highest BCUT2D eigenvalue weighted by Crippen LogP contribution is 2.40. The molecule has 1 nitrogen and oxygen atoms in total. The van der Waals surface area contributed by atoms with Crippen molar-refractivity contribution in [2.24, 2.45) is 0 Å². The predicted octanol–water partition coefficient (Wildman–Crippen LogP) is 3.58. The lowest BCUT2D eigenvalue weighted by molar-refractivity contribution is 0.172. The van der Waals surface area contributed by atoms with Gasteiger partial charge >= 0.3 is 0 Å². The fourth-order valence-corrected chi connectivity index (χ4v) is 3.83. The van der Waals surface area contributed by atoms with E-state index in [9.17, 15) is 0 Å². The van der Waals surface area contributed by atoms with Crippen LogP contribution in [0.25, 0.3) is 0 Å². The van der Waals surface area contributed by atoms with Crippen LogP contribution in [0.1, 0.15) is 22.3 Å². The highest BCUT2D eigenvalue weighted by Gasteiger charge is 2.36. The van der Waals surface area contributed by atoms with Crippen molar-refractivity contribution < 1.29 is 4.43 Å². The first kappa shape index (κ1) is 14.8. The summed E-state index contributed by atoms with van der Waals surface area (Å²) in [5.74, 6) is 0. The maximum atomic E-state index is 6.32. The normalized spacial score (nSPS) is 11.5. The maximum Gasteiger partial charge on any atom is 0.148 e. The van der Waals surface area contributed by atoms with Crippen molar-refractivity contribution in [3.8, 4) is 0 Å². The van der Waals surface area contributed by atoms with Gasteiger partial charge in [-0.2, -0.15) is 0 Å². The Morgan fingerprint density at radius 2 is 1.14 bits per heavy atom. The third-order valence-corrected chi connectivity index (χ3v) is 4.80. The summed E-state index contributed by atoms with van der Waals surface area (Å²) < 4.78 is 6.32. The molecule has 0 bridgehead atoms. The molecule has 0 aliphatic rings. The fourth-order valence-electron chi connectivity index (χ4n) is 3.14. The molecule has 3 rings (SSSR count). The van der Waals surface area contributed by atoms with E-state index in [4.69, 9.17) is 4.43 Å². The maximum absolute atomic E-state index is 6.32. The SMILES string of the molecule is Cc1ccccc1C(O[SiH3])(c1ccccc1)c1ccccc1. The zero-order valence-corrected chi connectivity index (χ0v) is 15.0. The van der Waals surface area contributed by atoms with Crippen LogP contribution in [-0.2, 0) is 10.0 Å². The molecule has 0 spiro atoms. The lowest BCUT2D eigenvalue weighted by atomic mass is 9.78. The summed E-state index contributed by atoms with van der Waals surface area (Å²) in [4.78, 5) is 0. The molecule has 0 N–H and O–H groups in total. The monoisotopic (exact) mass is 304 g/mol. The molecule has 0 amide bonds. The first-order valence-electron chi connectivity index (χ1n) is 7.51. The number of hydrogen-bond acceptors (Lipinski definition) is 1. The van der Waals surface area contributed by atoms with Crippen LogP contribution < -0.4 is 0 Å². The molecule has 0 aliphatic heterocycles. The van der Waals surface area contributed by atoms with Gasteiger partial charge in [0.05, 0.1) is 0 Å². The Balaban J connectivity index is 2.34. The summed E-state index contributed by atoms with van der Waals surface area (Å²) in [5, 5.41) is 0. The van der Waals surface area contributed by atoms with E-state index in [0.717, 1.165) is 0 Å². The Morgan fingerprint density at radius 1 is 0.682 bits per heavy atom. The van der Waals surface area contributed by atoms with Gasteiger partial charge in [-0.3, -0.25) is 0 Å². The van der Waals surface area contributed by atoms with Crippen LogP contribution in [-0.4, -0.2) is 10.5 Å². The van der Waals surface area contributed by atoms with Gasteiger partial charge in [-0.15, -0.1) is 0 Å². The summed E-state index contributed by atoms with van der Waals surface area (Å²) >= 11 is 0. The molecule has 0 atom stereocenters. The van der Waals surface area contributed by atoms with Crippen molar-refractivity contribution >= 4 is 10.5 Å². The van der Waals surface area contributed by atoms with Gasteiger partial charge < -0.3 is 4.43 Å². The predicted molar refractivity (Wildman–Crippen MR) is 95.0 cm³/mol. The van der Waals surface area contributed by atoms with E-state index in [-0.39, 0.29) is 0 Å². The van der Waals surface area contributed by atoms with Crippen LogP contribution in [0.4, 0.5) is 0 Å². The average Bonchev–Trinajstić information content (AvgIpc) is 2.59. The number of aryl methyl sites for hydroxylation is 1. The number of benzene rings is 3. The van der Waals surface area contributed by atoms with E-state index in [2.05, 4.69) is 79.7 Å². The van der Waals surface area contributed by atoms with Crippen molar-refractivity contribution in [1.82, 2.24) is 0 Å². The second-order valence-corrected chi connectivity index (χ2v) is 5.84. The van der Waals surface area contributed by atoms with Gasteiger partial charge in [-0.1, -0.05) is 84.9 Å². The second-order valence-electron chi connectivity index (χ2n) is 5.43. The van der Waals surface area contributed by atoms with Crippen molar-refractivity contribution in [2.75, 3.05) is 0 Å². The van der Waals surface area contributed by atoms with Crippen molar-refractivity contribution in [1.29, 1.82) is 0 Å². The minimum Gasteiger partial charge on any atom is -0.411 e. The van der Waals surface area contributed by atoms with Crippen LogP contribution in [0.2, 0.25) is 0 Å². The van der Waals surface area contributed by atoms with Crippen LogP contribution >= 0.6 is 0 Å². The summed E-state index contributed by atoms with van der Waals surface area (Å²) in [5.41, 5.74) is 4.27. The molecular weight excluding hydrogens is 284 g/mol.